The maximum Gasteiger partial charge on any atom is 0.410 e. The first kappa shape index (κ1) is 29.3. The van der Waals surface area contributed by atoms with Crippen molar-refractivity contribution in [2.24, 2.45) is 0 Å². The zero-order valence-electron chi connectivity index (χ0n) is 20.6. The number of alkyl carbamates (subject to hydrolysis) is 2. The molecule has 0 aromatic rings. The fourth-order valence-corrected chi connectivity index (χ4v) is 2.39. The Bertz CT molecular complexity index is 627. The van der Waals surface area contributed by atoms with Crippen LogP contribution in [0.1, 0.15) is 61.3 Å². The smallest absolute Gasteiger partial charge is 0.410 e. The number of carbonyl (C=O) groups excluding carboxylic acids is 4. The zero-order chi connectivity index (χ0) is 24.9. The second-order valence-electron chi connectivity index (χ2n) is 9.14. The average Bonchev–Trinajstić information content (AvgIpc) is 2.64. The van der Waals surface area contributed by atoms with Gasteiger partial charge >= 0.3 is 18.3 Å². The maximum absolute atomic E-state index is 12.4. The van der Waals surface area contributed by atoms with Crippen LogP contribution < -0.4 is 16.0 Å². The predicted octanol–water partition coefficient (Wildman–Crippen LogP) is 2.39. The van der Waals surface area contributed by atoms with Crippen LogP contribution in [0.3, 0.4) is 0 Å². The van der Waals surface area contributed by atoms with Gasteiger partial charge in [-0.15, -0.1) is 0 Å². The Morgan fingerprint density at radius 2 is 1.44 bits per heavy atom. The Morgan fingerprint density at radius 1 is 0.844 bits per heavy atom. The van der Waals surface area contributed by atoms with Gasteiger partial charge in [-0.2, -0.15) is 0 Å². The summed E-state index contributed by atoms with van der Waals surface area (Å²) in [5.74, 6) is -0.338. The molecular formula is C21H40N4O7. The molecule has 0 radical (unpaired) electrons. The number of hydrogen-bond donors (Lipinski definition) is 3. The summed E-state index contributed by atoms with van der Waals surface area (Å²) in [4.78, 5) is 49.4. The molecule has 11 heteroatoms. The highest BCUT2D eigenvalue weighted by molar-refractivity contribution is 5.85. The van der Waals surface area contributed by atoms with E-state index in [1.807, 2.05) is 0 Å². The highest BCUT2D eigenvalue weighted by Gasteiger charge is 2.24. The van der Waals surface area contributed by atoms with Gasteiger partial charge in [0.15, 0.2) is 0 Å². The molecule has 0 aliphatic heterocycles. The molecule has 0 saturated carbocycles. The average molecular weight is 461 g/mol. The molecule has 186 valence electrons. The lowest BCUT2D eigenvalue weighted by Gasteiger charge is -2.27. The molecular weight excluding hydrogens is 420 g/mol. The molecule has 0 aliphatic carbocycles. The quantitative estimate of drug-likeness (QED) is 0.336. The molecule has 4 amide bonds. The summed E-state index contributed by atoms with van der Waals surface area (Å²) in [5, 5.41) is 7.81. The van der Waals surface area contributed by atoms with Crippen LogP contribution in [-0.4, -0.2) is 79.6 Å². The summed E-state index contributed by atoms with van der Waals surface area (Å²) < 4.78 is 15.1. The number of rotatable bonds is 10. The van der Waals surface area contributed by atoms with Gasteiger partial charge in [0.1, 0.15) is 17.2 Å². The molecule has 0 saturated heterocycles. The van der Waals surface area contributed by atoms with E-state index in [1.54, 1.807) is 48.5 Å². The topological polar surface area (TPSA) is 135 Å². The summed E-state index contributed by atoms with van der Waals surface area (Å²) in [6.07, 6.45) is -0.924. The van der Waals surface area contributed by atoms with Gasteiger partial charge in [-0.1, -0.05) is 6.92 Å². The summed E-state index contributed by atoms with van der Waals surface area (Å²) in [6.45, 7) is 13.3. The summed E-state index contributed by atoms with van der Waals surface area (Å²) in [5.41, 5.74) is -1.33. The lowest BCUT2D eigenvalue weighted by molar-refractivity contribution is -0.123. The lowest BCUT2D eigenvalue weighted by Crippen LogP contribution is -2.48. The Kier molecular flexibility index (Phi) is 12.5. The van der Waals surface area contributed by atoms with Crippen molar-refractivity contribution in [3.8, 4) is 0 Å². The molecule has 1 atom stereocenters. The largest absolute Gasteiger partial charge is 0.453 e. The van der Waals surface area contributed by atoms with Gasteiger partial charge in [-0.25, -0.2) is 14.4 Å². The third-order valence-electron chi connectivity index (χ3n) is 3.81. The van der Waals surface area contributed by atoms with E-state index in [0.29, 0.717) is 19.4 Å². The third kappa shape index (κ3) is 14.3. The number of nitrogens with one attached hydrogen (secondary N) is 3. The van der Waals surface area contributed by atoms with E-state index < -0.39 is 35.5 Å². The minimum absolute atomic E-state index is 0.190. The molecule has 0 aliphatic rings. The van der Waals surface area contributed by atoms with Crippen molar-refractivity contribution in [3.05, 3.63) is 0 Å². The first-order valence-electron chi connectivity index (χ1n) is 10.8. The van der Waals surface area contributed by atoms with Crippen molar-refractivity contribution in [3.63, 3.8) is 0 Å². The number of hydrogen-bond acceptors (Lipinski definition) is 7. The fraction of sp³-hybridized carbons (Fsp3) is 0.810. The van der Waals surface area contributed by atoms with Crippen LogP contribution in [0.4, 0.5) is 14.4 Å². The van der Waals surface area contributed by atoms with Gasteiger partial charge < -0.3 is 35.1 Å². The molecule has 0 aromatic carbocycles. The minimum Gasteiger partial charge on any atom is -0.453 e. The van der Waals surface area contributed by atoms with E-state index >= 15 is 0 Å². The van der Waals surface area contributed by atoms with Gasteiger partial charge in [-0.05, 0) is 54.4 Å². The van der Waals surface area contributed by atoms with Crippen LogP contribution in [0.15, 0.2) is 0 Å². The molecule has 3 N–H and O–H groups in total. The summed E-state index contributed by atoms with van der Waals surface area (Å²) in [7, 11) is 1.25. The highest BCUT2D eigenvalue weighted by Crippen LogP contribution is 2.10. The number of carbonyl (C=O) groups is 4. The molecule has 0 fully saturated rings. The number of amides is 4. The monoisotopic (exact) mass is 460 g/mol. The molecule has 0 aromatic heterocycles. The standard InChI is InChI=1S/C21H40N4O7/c1-9-15(24-18(28)31-20(2,3)4)16(26)22-11-10-13-25(14-12-23-17(27)30-8)19(29)32-21(5,6)7/h15H,9-14H2,1-8H3,(H,22,26)(H,23,27)(H,24,28)/t15-/m0/s1. The van der Waals surface area contributed by atoms with E-state index in [1.165, 1.54) is 12.0 Å². The Morgan fingerprint density at radius 3 is 1.94 bits per heavy atom. The summed E-state index contributed by atoms with van der Waals surface area (Å²) >= 11 is 0. The molecule has 11 nitrogen and oxygen atoms in total. The second kappa shape index (κ2) is 13.6. The van der Waals surface area contributed by atoms with Crippen molar-refractivity contribution in [1.82, 2.24) is 20.9 Å². The van der Waals surface area contributed by atoms with E-state index in [0.717, 1.165) is 0 Å². The SMILES string of the molecule is CC[C@H](NC(=O)OC(C)(C)C)C(=O)NCCCN(CCNC(=O)OC)C(=O)OC(C)(C)C. The molecule has 0 spiro atoms. The van der Waals surface area contributed by atoms with Crippen LogP contribution in [-0.2, 0) is 19.0 Å². The first-order chi connectivity index (χ1) is 14.7. The van der Waals surface area contributed by atoms with E-state index in [4.69, 9.17) is 9.47 Å². The van der Waals surface area contributed by atoms with E-state index in [-0.39, 0.29) is 25.5 Å². The predicted molar refractivity (Wildman–Crippen MR) is 119 cm³/mol. The Hall–Kier alpha value is -2.72. The van der Waals surface area contributed by atoms with Gasteiger partial charge in [0.25, 0.3) is 0 Å². The van der Waals surface area contributed by atoms with Gasteiger partial charge in [0.05, 0.1) is 7.11 Å². The lowest BCUT2D eigenvalue weighted by atomic mass is 10.2. The van der Waals surface area contributed by atoms with Crippen molar-refractivity contribution in [2.45, 2.75) is 78.6 Å². The Balaban J connectivity index is 4.66. The summed E-state index contributed by atoms with van der Waals surface area (Å²) in [6, 6.07) is -0.726. The normalized spacial score (nSPS) is 12.2. The molecule has 0 rings (SSSR count). The van der Waals surface area contributed by atoms with E-state index in [2.05, 4.69) is 20.7 Å². The van der Waals surface area contributed by atoms with Crippen LogP contribution in [0, 0.1) is 0 Å². The second-order valence-corrected chi connectivity index (χ2v) is 9.14. The van der Waals surface area contributed by atoms with Crippen LogP contribution in [0.5, 0.6) is 0 Å². The zero-order valence-corrected chi connectivity index (χ0v) is 20.6. The third-order valence-corrected chi connectivity index (χ3v) is 3.81. The number of methoxy groups -OCH3 is 1. The highest BCUT2D eigenvalue weighted by atomic mass is 16.6. The fourth-order valence-electron chi connectivity index (χ4n) is 2.39. The van der Waals surface area contributed by atoms with Crippen LogP contribution >= 0.6 is 0 Å². The van der Waals surface area contributed by atoms with Gasteiger partial charge in [0.2, 0.25) is 5.91 Å². The minimum atomic E-state index is -0.726. The van der Waals surface area contributed by atoms with E-state index in [9.17, 15) is 19.2 Å². The molecule has 0 unspecified atom stereocenters. The van der Waals surface area contributed by atoms with Crippen molar-refractivity contribution in [2.75, 3.05) is 33.3 Å². The molecule has 32 heavy (non-hydrogen) atoms. The van der Waals surface area contributed by atoms with Gasteiger partial charge in [-0.3, -0.25) is 4.79 Å². The van der Waals surface area contributed by atoms with Crippen molar-refractivity contribution in [1.29, 1.82) is 0 Å². The van der Waals surface area contributed by atoms with Crippen molar-refractivity contribution < 1.29 is 33.4 Å². The van der Waals surface area contributed by atoms with Crippen LogP contribution in [0.25, 0.3) is 0 Å². The first-order valence-corrected chi connectivity index (χ1v) is 10.8. The number of ether oxygens (including phenoxy) is 3. The molecule has 0 bridgehead atoms. The van der Waals surface area contributed by atoms with Crippen molar-refractivity contribution >= 4 is 24.2 Å². The maximum atomic E-state index is 12.4. The van der Waals surface area contributed by atoms with Crippen LogP contribution in [0.2, 0.25) is 0 Å². The Labute approximate surface area is 190 Å². The number of nitrogens with zero attached hydrogens (tertiary/aromatic N) is 1. The molecule has 0 heterocycles. The van der Waals surface area contributed by atoms with Gasteiger partial charge in [0, 0.05) is 26.2 Å².